The molecule has 0 radical (unpaired) electrons. The average molecular weight is 246 g/mol. The van der Waals surface area contributed by atoms with E-state index in [2.05, 4.69) is 17.4 Å². The minimum absolute atomic E-state index is 0.147. The van der Waals surface area contributed by atoms with Crippen molar-refractivity contribution in [2.45, 2.75) is 50.6 Å². The Hall–Kier alpha value is -1.35. The smallest absolute Gasteiger partial charge is 0.220 e. The lowest BCUT2D eigenvalue weighted by Gasteiger charge is -2.17. The van der Waals surface area contributed by atoms with Gasteiger partial charge in [0, 0.05) is 18.5 Å². The van der Waals surface area contributed by atoms with E-state index in [1.807, 2.05) is 18.2 Å². The molecule has 1 saturated carbocycles. The highest BCUT2D eigenvalue weighted by Crippen LogP contribution is 2.17. The molecule has 0 aliphatic heterocycles. The van der Waals surface area contributed by atoms with Gasteiger partial charge in [0.15, 0.2) is 0 Å². The molecule has 3 nitrogen and oxygen atoms in total. The minimum Gasteiger partial charge on any atom is -0.352 e. The second kappa shape index (κ2) is 6.55. The number of rotatable bonds is 5. The van der Waals surface area contributed by atoms with Crippen molar-refractivity contribution in [2.75, 3.05) is 0 Å². The molecule has 1 aromatic carbocycles. The Labute approximate surface area is 109 Å². The maximum atomic E-state index is 11.8. The highest BCUT2D eigenvalue weighted by Gasteiger charge is 2.24. The number of nitrogens with two attached hydrogens (primary N) is 1. The van der Waals surface area contributed by atoms with E-state index >= 15 is 0 Å². The number of carbonyl (C=O) groups excluding carboxylic acids is 1. The van der Waals surface area contributed by atoms with Gasteiger partial charge in [-0.2, -0.15) is 0 Å². The Kier molecular flexibility index (Phi) is 4.76. The monoisotopic (exact) mass is 246 g/mol. The minimum atomic E-state index is 0.147. The summed E-state index contributed by atoms with van der Waals surface area (Å²) >= 11 is 0. The van der Waals surface area contributed by atoms with Gasteiger partial charge in [-0.05, 0) is 37.7 Å². The fourth-order valence-electron chi connectivity index (χ4n) is 2.54. The van der Waals surface area contributed by atoms with Crippen LogP contribution in [-0.2, 0) is 11.2 Å². The fourth-order valence-corrected chi connectivity index (χ4v) is 2.54. The Morgan fingerprint density at radius 3 is 2.72 bits per heavy atom. The number of aryl methyl sites for hydroxylation is 1. The molecule has 0 aromatic heterocycles. The third-order valence-electron chi connectivity index (χ3n) is 3.63. The van der Waals surface area contributed by atoms with Crippen molar-refractivity contribution < 1.29 is 4.79 Å². The van der Waals surface area contributed by atoms with Gasteiger partial charge in [-0.15, -0.1) is 0 Å². The van der Waals surface area contributed by atoms with E-state index in [9.17, 15) is 4.79 Å². The molecule has 0 spiro atoms. The van der Waals surface area contributed by atoms with Crippen LogP contribution in [-0.4, -0.2) is 18.0 Å². The predicted molar refractivity (Wildman–Crippen MR) is 73.1 cm³/mol. The van der Waals surface area contributed by atoms with Crippen molar-refractivity contribution in [3.63, 3.8) is 0 Å². The van der Waals surface area contributed by atoms with Gasteiger partial charge in [0.2, 0.25) is 5.91 Å². The zero-order valence-electron chi connectivity index (χ0n) is 10.8. The molecule has 1 aromatic rings. The average Bonchev–Trinajstić information content (AvgIpc) is 2.76. The van der Waals surface area contributed by atoms with Crippen molar-refractivity contribution in [3.8, 4) is 0 Å². The topological polar surface area (TPSA) is 55.1 Å². The molecule has 2 rings (SSSR count). The molecule has 1 aliphatic carbocycles. The molecule has 2 unspecified atom stereocenters. The Balaban J connectivity index is 1.66. The normalized spacial score (nSPS) is 22.9. The third kappa shape index (κ3) is 3.84. The molecular weight excluding hydrogens is 224 g/mol. The van der Waals surface area contributed by atoms with Gasteiger partial charge in [-0.25, -0.2) is 0 Å². The summed E-state index contributed by atoms with van der Waals surface area (Å²) in [6, 6.07) is 10.6. The van der Waals surface area contributed by atoms with E-state index < -0.39 is 0 Å². The number of benzene rings is 1. The van der Waals surface area contributed by atoms with Gasteiger partial charge < -0.3 is 11.1 Å². The molecule has 2 atom stereocenters. The largest absolute Gasteiger partial charge is 0.352 e. The number of hydrogen-bond donors (Lipinski definition) is 2. The van der Waals surface area contributed by atoms with Crippen LogP contribution in [0.3, 0.4) is 0 Å². The van der Waals surface area contributed by atoms with Gasteiger partial charge in [0.25, 0.3) is 0 Å². The van der Waals surface area contributed by atoms with E-state index in [-0.39, 0.29) is 18.0 Å². The van der Waals surface area contributed by atoms with Crippen LogP contribution in [0.4, 0.5) is 0 Å². The first-order valence-corrected chi connectivity index (χ1v) is 6.84. The zero-order valence-corrected chi connectivity index (χ0v) is 10.8. The van der Waals surface area contributed by atoms with Crippen LogP contribution < -0.4 is 11.1 Å². The van der Waals surface area contributed by atoms with Gasteiger partial charge in [-0.3, -0.25) is 4.79 Å². The summed E-state index contributed by atoms with van der Waals surface area (Å²) in [5.74, 6) is 0.147. The molecule has 1 aliphatic rings. The Morgan fingerprint density at radius 1 is 1.28 bits per heavy atom. The van der Waals surface area contributed by atoms with E-state index in [0.717, 1.165) is 32.1 Å². The molecule has 3 heteroatoms. The molecule has 98 valence electrons. The maximum absolute atomic E-state index is 11.8. The first-order chi connectivity index (χ1) is 8.75. The van der Waals surface area contributed by atoms with Gasteiger partial charge in [0.05, 0.1) is 0 Å². The number of amides is 1. The summed E-state index contributed by atoms with van der Waals surface area (Å²) in [7, 11) is 0. The maximum Gasteiger partial charge on any atom is 0.220 e. The Morgan fingerprint density at radius 2 is 2.06 bits per heavy atom. The van der Waals surface area contributed by atoms with Crippen LogP contribution in [0.25, 0.3) is 0 Å². The summed E-state index contributed by atoms with van der Waals surface area (Å²) in [6.07, 6.45) is 5.66. The van der Waals surface area contributed by atoms with Gasteiger partial charge in [0.1, 0.15) is 0 Å². The SMILES string of the molecule is NC1CCCC1NC(=O)CCCc1ccccc1. The molecule has 0 heterocycles. The lowest BCUT2D eigenvalue weighted by molar-refractivity contribution is -0.121. The lowest BCUT2D eigenvalue weighted by atomic mass is 10.1. The molecule has 0 bridgehead atoms. The summed E-state index contributed by atoms with van der Waals surface area (Å²) in [5, 5.41) is 3.05. The van der Waals surface area contributed by atoms with Crippen molar-refractivity contribution in [1.29, 1.82) is 0 Å². The van der Waals surface area contributed by atoms with Gasteiger partial charge in [-0.1, -0.05) is 30.3 Å². The van der Waals surface area contributed by atoms with Crippen LogP contribution >= 0.6 is 0 Å². The number of carbonyl (C=O) groups is 1. The third-order valence-corrected chi connectivity index (χ3v) is 3.63. The van der Waals surface area contributed by atoms with Gasteiger partial charge >= 0.3 is 0 Å². The second-order valence-corrected chi connectivity index (χ2v) is 5.11. The van der Waals surface area contributed by atoms with E-state index in [1.54, 1.807) is 0 Å². The van der Waals surface area contributed by atoms with Crippen molar-refractivity contribution in [1.82, 2.24) is 5.32 Å². The van der Waals surface area contributed by atoms with Crippen molar-refractivity contribution >= 4 is 5.91 Å². The van der Waals surface area contributed by atoms with Crippen molar-refractivity contribution in [3.05, 3.63) is 35.9 Å². The molecule has 0 saturated heterocycles. The molecule has 1 fully saturated rings. The van der Waals surface area contributed by atoms with E-state index in [1.165, 1.54) is 5.56 Å². The quantitative estimate of drug-likeness (QED) is 0.835. The summed E-state index contributed by atoms with van der Waals surface area (Å²) in [4.78, 5) is 11.8. The van der Waals surface area contributed by atoms with Crippen LogP contribution in [0.1, 0.15) is 37.7 Å². The van der Waals surface area contributed by atoms with Crippen LogP contribution in [0.15, 0.2) is 30.3 Å². The highest BCUT2D eigenvalue weighted by molar-refractivity contribution is 5.76. The van der Waals surface area contributed by atoms with Crippen LogP contribution in [0, 0.1) is 0 Å². The Bertz CT molecular complexity index is 377. The van der Waals surface area contributed by atoms with E-state index in [4.69, 9.17) is 5.73 Å². The van der Waals surface area contributed by atoms with Crippen LogP contribution in [0.5, 0.6) is 0 Å². The second-order valence-electron chi connectivity index (χ2n) is 5.11. The first kappa shape index (κ1) is 13.1. The molecule has 3 N–H and O–H groups in total. The fraction of sp³-hybridized carbons (Fsp3) is 0.533. The highest BCUT2D eigenvalue weighted by atomic mass is 16.1. The molecule has 1 amide bonds. The summed E-state index contributed by atoms with van der Waals surface area (Å²) < 4.78 is 0. The number of nitrogens with one attached hydrogen (secondary N) is 1. The lowest BCUT2D eigenvalue weighted by Crippen LogP contribution is -2.43. The van der Waals surface area contributed by atoms with Crippen molar-refractivity contribution in [2.24, 2.45) is 5.73 Å². The number of hydrogen-bond acceptors (Lipinski definition) is 2. The molecule has 18 heavy (non-hydrogen) atoms. The predicted octanol–water partition coefficient (Wildman–Crippen LogP) is 2.01. The summed E-state index contributed by atoms with van der Waals surface area (Å²) in [6.45, 7) is 0. The van der Waals surface area contributed by atoms with Crippen LogP contribution in [0.2, 0.25) is 0 Å². The molecular formula is C15H22N2O. The van der Waals surface area contributed by atoms with E-state index in [0.29, 0.717) is 6.42 Å². The standard InChI is InChI=1S/C15H22N2O/c16-13-9-5-10-14(13)17-15(18)11-4-8-12-6-2-1-3-7-12/h1-3,6-7,13-14H,4-5,8-11,16H2,(H,17,18). The summed E-state index contributed by atoms with van der Waals surface area (Å²) in [5.41, 5.74) is 7.23. The zero-order chi connectivity index (χ0) is 12.8. The first-order valence-electron chi connectivity index (χ1n) is 6.84.